The van der Waals surface area contributed by atoms with Crippen molar-refractivity contribution in [1.82, 2.24) is 14.8 Å². The lowest BCUT2D eigenvalue weighted by Gasteiger charge is -2.38. The summed E-state index contributed by atoms with van der Waals surface area (Å²) < 4.78 is 29.0. The normalized spacial score (nSPS) is 15.5. The molecule has 3 heterocycles. The van der Waals surface area contributed by atoms with Gasteiger partial charge in [-0.25, -0.2) is 8.42 Å². The third-order valence-corrected chi connectivity index (χ3v) is 6.98. The van der Waals surface area contributed by atoms with E-state index >= 15 is 0 Å². The minimum Gasteiger partial charge on any atom is -0.467 e. The number of furan rings is 1. The Balaban J connectivity index is 1.48. The predicted molar refractivity (Wildman–Crippen MR) is 121 cm³/mol. The van der Waals surface area contributed by atoms with E-state index in [1.54, 1.807) is 30.8 Å². The number of pyridine rings is 1. The molecule has 1 aliphatic heterocycles. The zero-order chi connectivity index (χ0) is 22.6. The highest BCUT2D eigenvalue weighted by atomic mass is 32.2. The van der Waals surface area contributed by atoms with Gasteiger partial charge in [-0.1, -0.05) is 0 Å². The Bertz CT molecular complexity index is 1120. The van der Waals surface area contributed by atoms with Crippen LogP contribution in [0.5, 0.6) is 0 Å². The van der Waals surface area contributed by atoms with Crippen LogP contribution >= 0.6 is 0 Å². The number of rotatable bonds is 7. The second-order valence-corrected chi connectivity index (χ2v) is 10.2. The molecule has 32 heavy (non-hydrogen) atoms. The second kappa shape index (κ2) is 9.67. The van der Waals surface area contributed by atoms with Crippen molar-refractivity contribution >= 4 is 15.7 Å². The Kier molecular flexibility index (Phi) is 6.72. The first-order valence-electron chi connectivity index (χ1n) is 10.6. The summed E-state index contributed by atoms with van der Waals surface area (Å²) in [7, 11) is -3.31. The van der Waals surface area contributed by atoms with Crippen molar-refractivity contribution in [3.8, 4) is 0 Å². The first-order chi connectivity index (χ1) is 15.4. The van der Waals surface area contributed by atoms with Gasteiger partial charge in [-0.05, 0) is 66.9 Å². The van der Waals surface area contributed by atoms with E-state index < -0.39 is 9.84 Å². The molecule has 1 saturated heterocycles. The Labute approximate surface area is 188 Å². The largest absolute Gasteiger partial charge is 0.467 e. The summed E-state index contributed by atoms with van der Waals surface area (Å²) in [6.07, 6.45) is 8.10. The molecule has 0 unspecified atom stereocenters. The molecule has 0 bridgehead atoms. The fourth-order valence-electron chi connectivity index (χ4n) is 4.08. The van der Waals surface area contributed by atoms with Gasteiger partial charge in [0.1, 0.15) is 5.76 Å². The van der Waals surface area contributed by atoms with Crippen LogP contribution in [-0.4, -0.2) is 54.5 Å². The summed E-state index contributed by atoms with van der Waals surface area (Å²) in [4.78, 5) is 21.9. The van der Waals surface area contributed by atoms with Crippen LogP contribution in [-0.2, 0) is 22.9 Å². The van der Waals surface area contributed by atoms with Gasteiger partial charge in [-0.2, -0.15) is 0 Å². The third-order valence-electron chi connectivity index (χ3n) is 5.85. The summed E-state index contributed by atoms with van der Waals surface area (Å²) in [6.45, 7) is 3.03. The van der Waals surface area contributed by atoms with Gasteiger partial charge in [0.05, 0.1) is 17.7 Å². The van der Waals surface area contributed by atoms with Crippen LogP contribution in [0.25, 0.3) is 0 Å². The average Bonchev–Trinajstić information content (AvgIpc) is 3.31. The quantitative estimate of drug-likeness (QED) is 0.545. The van der Waals surface area contributed by atoms with E-state index in [0.29, 0.717) is 12.1 Å². The predicted octanol–water partition coefficient (Wildman–Crippen LogP) is 3.39. The molecule has 2 aromatic heterocycles. The molecule has 0 N–H and O–H groups in total. The molecule has 3 aromatic rings. The van der Waals surface area contributed by atoms with E-state index in [4.69, 9.17) is 4.42 Å². The number of hydrogen-bond acceptors (Lipinski definition) is 6. The molecule has 0 saturated carbocycles. The van der Waals surface area contributed by atoms with Gasteiger partial charge in [0.15, 0.2) is 9.84 Å². The summed E-state index contributed by atoms with van der Waals surface area (Å²) >= 11 is 0. The van der Waals surface area contributed by atoms with Crippen molar-refractivity contribution in [3.05, 3.63) is 84.1 Å². The van der Waals surface area contributed by atoms with Crippen molar-refractivity contribution < 1.29 is 17.6 Å². The van der Waals surface area contributed by atoms with Crippen LogP contribution in [0.15, 0.2) is 76.5 Å². The standard InChI is InChI=1S/C24H27N3O4S/c1-32(29,30)23-6-4-20(5-7-23)24(28)27(18-22-3-2-16-31-22)21-10-14-26(15-11-21)17-19-8-12-25-13-9-19/h2-9,12-13,16,21H,10-11,14-15,17-18H2,1H3. The summed E-state index contributed by atoms with van der Waals surface area (Å²) in [5.74, 6) is 0.611. The maximum atomic E-state index is 13.4. The molecule has 1 amide bonds. The van der Waals surface area contributed by atoms with Crippen molar-refractivity contribution in [2.24, 2.45) is 0 Å². The number of sulfone groups is 1. The van der Waals surface area contributed by atoms with E-state index in [0.717, 1.165) is 44.5 Å². The monoisotopic (exact) mass is 453 g/mol. The van der Waals surface area contributed by atoms with Gasteiger partial charge < -0.3 is 9.32 Å². The van der Waals surface area contributed by atoms with Crippen LogP contribution in [0, 0.1) is 0 Å². The Morgan fingerprint density at radius 1 is 1.09 bits per heavy atom. The lowest BCUT2D eigenvalue weighted by atomic mass is 10.0. The summed E-state index contributed by atoms with van der Waals surface area (Å²) in [5.41, 5.74) is 1.70. The molecule has 1 aliphatic rings. The lowest BCUT2D eigenvalue weighted by Crippen LogP contribution is -2.46. The number of benzene rings is 1. The second-order valence-electron chi connectivity index (χ2n) is 8.17. The topological polar surface area (TPSA) is 83.7 Å². The number of carbonyl (C=O) groups excluding carboxylic acids is 1. The van der Waals surface area contributed by atoms with E-state index in [1.165, 1.54) is 17.7 Å². The minimum atomic E-state index is -3.31. The van der Waals surface area contributed by atoms with Crippen molar-refractivity contribution in [2.45, 2.75) is 36.9 Å². The fourth-order valence-corrected chi connectivity index (χ4v) is 4.71. The molecule has 0 spiro atoms. The molecule has 168 valence electrons. The molecular weight excluding hydrogens is 426 g/mol. The summed E-state index contributed by atoms with van der Waals surface area (Å²) in [6, 6.07) is 14.0. The SMILES string of the molecule is CS(=O)(=O)c1ccc(C(=O)N(Cc2ccco2)C2CCN(Cc3ccncc3)CC2)cc1. The maximum absolute atomic E-state index is 13.4. The zero-order valence-corrected chi connectivity index (χ0v) is 18.9. The Hall–Kier alpha value is -2.97. The van der Waals surface area contributed by atoms with E-state index in [9.17, 15) is 13.2 Å². The Morgan fingerprint density at radius 2 is 1.78 bits per heavy atom. The molecular formula is C24H27N3O4S. The molecule has 4 rings (SSSR count). The van der Waals surface area contributed by atoms with Gasteiger partial charge in [0, 0.05) is 49.9 Å². The van der Waals surface area contributed by atoms with Gasteiger partial charge in [-0.3, -0.25) is 14.7 Å². The molecule has 0 atom stereocenters. The van der Waals surface area contributed by atoms with Crippen LogP contribution in [0.2, 0.25) is 0 Å². The highest BCUT2D eigenvalue weighted by molar-refractivity contribution is 7.90. The molecule has 1 aromatic carbocycles. The molecule has 8 heteroatoms. The van der Waals surface area contributed by atoms with Crippen LogP contribution < -0.4 is 0 Å². The number of carbonyl (C=O) groups is 1. The number of likely N-dealkylation sites (tertiary alicyclic amines) is 1. The lowest BCUT2D eigenvalue weighted by molar-refractivity contribution is 0.0523. The van der Waals surface area contributed by atoms with Gasteiger partial charge >= 0.3 is 0 Å². The number of piperidine rings is 1. The Morgan fingerprint density at radius 3 is 2.38 bits per heavy atom. The first-order valence-corrected chi connectivity index (χ1v) is 12.5. The highest BCUT2D eigenvalue weighted by Gasteiger charge is 2.29. The van der Waals surface area contributed by atoms with E-state index in [-0.39, 0.29) is 16.8 Å². The van der Waals surface area contributed by atoms with Crippen molar-refractivity contribution in [3.63, 3.8) is 0 Å². The van der Waals surface area contributed by atoms with E-state index in [1.807, 2.05) is 29.2 Å². The third kappa shape index (κ3) is 5.44. The van der Waals surface area contributed by atoms with E-state index in [2.05, 4.69) is 9.88 Å². The number of aromatic nitrogens is 1. The average molecular weight is 454 g/mol. The van der Waals surface area contributed by atoms with Gasteiger partial charge in [0.2, 0.25) is 0 Å². The first kappa shape index (κ1) is 22.2. The molecule has 0 aliphatic carbocycles. The number of amides is 1. The maximum Gasteiger partial charge on any atom is 0.254 e. The summed E-state index contributed by atoms with van der Waals surface area (Å²) in [5, 5.41) is 0. The van der Waals surface area contributed by atoms with Crippen LogP contribution in [0.1, 0.15) is 34.5 Å². The zero-order valence-electron chi connectivity index (χ0n) is 18.1. The molecule has 7 nitrogen and oxygen atoms in total. The number of nitrogens with zero attached hydrogens (tertiary/aromatic N) is 3. The molecule has 1 fully saturated rings. The smallest absolute Gasteiger partial charge is 0.254 e. The van der Waals surface area contributed by atoms with Crippen molar-refractivity contribution in [2.75, 3.05) is 19.3 Å². The fraction of sp³-hybridized carbons (Fsp3) is 0.333. The van der Waals surface area contributed by atoms with Crippen LogP contribution in [0.3, 0.4) is 0 Å². The van der Waals surface area contributed by atoms with Gasteiger partial charge in [-0.15, -0.1) is 0 Å². The van der Waals surface area contributed by atoms with Crippen molar-refractivity contribution in [1.29, 1.82) is 0 Å². The number of hydrogen-bond donors (Lipinski definition) is 0. The van der Waals surface area contributed by atoms with Crippen LogP contribution in [0.4, 0.5) is 0 Å². The highest BCUT2D eigenvalue weighted by Crippen LogP contribution is 2.23. The minimum absolute atomic E-state index is 0.0795. The molecule has 0 radical (unpaired) electrons. The van der Waals surface area contributed by atoms with Gasteiger partial charge in [0.25, 0.3) is 5.91 Å².